The predicted octanol–water partition coefficient (Wildman–Crippen LogP) is 2.15. The molecule has 0 aliphatic rings. The van der Waals surface area contributed by atoms with Gasteiger partial charge in [-0.05, 0) is 31.5 Å². The number of ether oxygens (including phenoxy) is 1. The average Bonchev–Trinajstić information content (AvgIpc) is 2.55. The maximum Gasteiger partial charge on any atom is 0.338 e. The Bertz CT molecular complexity index is 657. The first-order chi connectivity index (χ1) is 11.3. The van der Waals surface area contributed by atoms with Crippen molar-refractivity contribution in [2.24, 2.45) is 5.73 Å². The minimum atomic E-state index is -1.43. The van der Waals surface area contributed by atoms with E-state index in [1.54, 1.807) is 6.07 Å². The van der Waals surface area contributed by atoms with E-state index in [0.717, 1.165) is 19.3 Å². The SMILES string of the molecule is CCCCCC(=O)Nc1cc(C#C[C@@](C)(N)C(=O)OC)ccc1O. The lowest BCUT2D eigenvalue weighted by molar-refractivity contribution is -0.144. The standard InChI is InChI=1S/C18H24N2O4/c1-4-5-6-7-16(22)20-14-12-13(8-9-15(14)21)10-11-18(2,19)17(23)24-3/h8-9,12,21H,4-7,19H2,1-3H3,(H,20,22)/t18-/m1/s1. The number of phenolic OH excluding ortho intramolecular Hbond substituents is 1. The van der Waals surface area contributed by atoms with Gasteiger partial charge in [0.1, 0.15) is 5.75 Å². The number of methoxy groups -OCH3 is 1. The highest BCUT2D eigenvalue weighted by molar-refractivity contribution is 5.92. The number of anilines is 1. The summed E-state index contributed by atoms with van der Waals surface area (Å²) in [5, 5.41) is 12.5. The Morgan fingerprint density at radius 1 is 1.38 bits per heavy atom. The minimum Gasteiger partial charge on any atom is -0.506 e. The topological polar surface area (TPSA) is 102 Å². The van der Waals surface area contributed by atoms with Crippen LogP contribution in [0.1, 0.15) is 45.1 Å². The minimum absolute atomic E-state index is 0.0483. The van der Waals surface area contributed by atoms with Crippen molar-refractivity contribution in [1.82, 2.24) is 0 Å². The fourth-order valence-electron chi connectivity index (χ4n) is 1.93. The van der Waals surface area contributed by atoms with Crippen molar-refractivity contribution < 1.29 is 19.4 Å². The van der Waals surface area contributed by atoms with E-state index in [9.17, 15) is 14.7 Å². The van der Waals surface area contributed by atoms with Crippen molar-refractivity contribution in [1.29, 1.82) is 0 Å². The number of aromatic hydroxyl groups is 1. The van der Waals surface area contributed by atoms with Crippen molar-refractivity contribution >= 4 is 17.6 Å². The first-order valence-electron chi connectivity index (χ1n) is 7.83. The molecule has 0 fully saturated rings. The molecular formula is C18H24N2O4. The molecule has 4 N–H and O–H groups in total. The first-order valence-corrected chi connectivity index (χ1v) is 7.83. The molecule has 6 heteroatoms. The van der Waals surface area contributed by atoms with Gasteiger partial charge in [-0.2, -0.15) is 0 Å². The molecule has 6 nitrogen and oxygen atoms in total. The molecule has 130 valence electrons. The van der Waals surface area contributed by atoms with E-state index in [0.29, 0.717) is 12.0 Å². The Morgan fingerprint density at radius 3 is 2.71 bits per heavy atom. The Hall–Kier alpha value is -2.52. The molecule has 1 atom stereocenters. The Morgan fingerprint density at radius 2 is 2.08 bits per heavy atom. The number of nitrogens with one attached hydrogen (secondary N) is 1. The van der Waals surface area contributed by atoms with Gasteiger partial charge < -0.3 is 20.9 Å². The number of phenols is 1. The van der Waals surface area contributed by atoms with E-state index in [1.807, 2.05) is 0 Å². The van der Waals surface area contributed by atoms with Crippen LogP contribution in [0.5, 0.6) is 5.75 Å². The van der Waals surface area contributed by atoms with Crippen molar-refractivity contribution in [3.63, 3.8) is 0 Å². The van der Waals surface area contributed by atoms with Crippen LogP contribution in [0, 0.1) is 11.8 Å². The van der Waals surface area contributed by atoms with E-state index in [1.165, 1.54) is 26.2 Å². The average molecular weight is 332 g/mol. The van der Waals surface area contributed by atoms with Crippen LogP contribution in [-0.4, -0.2) is 29.6 Å². The molecule has 24 heavy (non-hydrogen) atoms. The van der Waals surface area contributed by atoms with Crippen molar-refractivity contribution in [2.75, 3.05) is 12.4 Å². The third-order valence-corrected chi connectivity index (χ3v) is 3.35. The van der Waals surface area contributed by atoms with Gasteiger partial charge in [-0.25, -0.2) is 4.79 Å². The first kappa shape index (κ1) is 19.5. The van der Waals surface area contributed by atoms with Gasteiger partial charge in [-0.15, -0.1) is 0 Å². The molecule has 0 radical (unpaired) electrons. The molecule has 0 spiro atoms. The second-order valence-electron chi connectivity index (χ2n) is 5.68. The van der Waals surface area contributed by atoms with Crippen LogP contribution in [0.25, 0.3) is 0 Å². The second kappa shape index (κ2) is 8.94. The maximum atomic E-state index is 11.9. The van der Waals surface area contributed by atoms with E-state index >= 15 is 0 Å². The summed E-state index contributed by atoms with van der Waals surface area (Å²) in [5.74, 6) is 4.53. The lowest BCUT2D eigenvalue weighted by atomic mass is 10.0. The summed E-state index contributed by atoms with van der Waals surface area (Å²) in [4.78, 5) is 23.4. The lowest BCUT2D eigenvalue weighted by Crippen LogP contribution is -2.44. The molecule has 1 amide bonds. The Kier molecular flexibility index (Phi) is 7.28. The maximum absolute atomic E-state index is 11.9. The second-order valence-corrected chi connectivity index (χ2v) is 5.68. The third kappa shape index (κ3) is 5.94. The molecule has 0 saturated carbocycles. The number of hydrogen-bond donors (Lipinski definition) is 3. The zero-order chi connectivity index (χ0) is 18.2. The van der Waals surface area contributed by atoms with Crippen LogP contribution in [0.2, 0.25) is 0 Å². The van der Waals surface area contributed by atoms with Crippen LogP contribution >= 0.6 is 0 Å². The largest absolute Gasteiger partial charge is 0.506 e. The number of unbranched alkanes of at least 4 members (excludes halogenated alkanes) is 2. The molecule has 1 rings (SSSR count). The smallest absolute Gasteiger partial charge is 0.338 e. The van der Waals surface area contributed by atoms with Crippen molar-refractivity contribution in [2.45, 2.75) is 45.1 Å². The number of nitrogens with two attached hydrogens (primary N) is 1. The number of amides is 1. The van der Waals surface area contributed by atoms with Crippen LogP contribution in [0.3, 0.4) is 0 Å². The molecule has 0 heterocycles. The number of benzene rings is 1. The van der Waals surface area contributed by atoms with Gasteiger partial charge in [0, 0.05) is 12.0 Å². The molecule has 0 aliphatic heterocycles. The number of carbonyl (C=O) groups is 2. The number of rotatable bonds is 6. The van der Waals surface area contributed by atoms with Gasteiger partial charge in [0.05, 0.1) is 12.8 Å². The van der Waals surface area contributed by atoms with Gasteiger partial charge in [-0.1, -0.05) is 31.6 Å². The summed E-state index contributed by atoms with van der Waals surface area (Å²) >= 11 is 0. The Balaban J connectivity index is 2.87. The van der Waals surface area contributed by atoms with Gasteiger partial charge in [0.2, 0.25) is 5.91 Å². The summed E-state index contributed by atoms with van der Waals surface area (Å²) in [7, 11) is 1.24. The van der Waals surface area contributed by atoms with E-state index in [4.69, 9.17) is 5.73 Å². The van der Waals surface area contributed by atoms with Crippen LogP contribution in [-0.2, 0) is 14.3 Å². The van der Waals surface area contributed by atoms with Gasteiger partial charge in [0.25, 0.3) is 0 Å². The molecule has 0 aliphatic carbocycles. The van der Waals surface area contributed by atoms with E-state index in [2.05, 4.69) is 28.8 Å². The Labute approximate surface area is 142 Å². The normalized spacial score (nSPS) is 12.5. The fraction of sp³-hybridized carbons (Fsp3) is 0.444. The molecule has 0 bridgehead atoms. The molecule has 1 aromatic carbocycles. The fourth-order valence-corrected chi connectivity index (χ4v) is 1.93. The van der Waals surface area contributed by atoms with Crippen molar-refractivity contribution in [3.8, 4) is 17.6 Å². The zero-order valence-electron chi connectivity index (χ0n) is 14.3. The molecule has 0 unspecified atom stereocenters. The predicted molar refractivity (Wildman–Crippen MR) is 92.4 cm³/mol. The van der Waals surface area contributed by atoms with Gasteiger partial charge in [-0.3, -0.25) is 4.79 Å². The molecule has 0 saturated heterocycles. The lowest BCUT2D eigenvalue weighted by Gasteiger charge is -2.13. The van der Waals surface area contributed by atoms with Crippen LogP contribution in [0.15, 0.2) is 18.2 Å². The number of esters is 1. The highest BCUT2D eigenvalue weighted by Crippen LogP contribution is 2.24. The third-order valence-electron chi connectivity index (χ3n) is 3.35. The summed E-state index contributed by atoms with van der Waals surface area (Å²) in [6.45, 7) is 3.51. The molecule has 1 aromatic rings. The number of hydrogen-bond acceptors (Lipinski definition) is 5. The van der Waals surface area contributed by atoms with E-state index < -0.39 is 11.5 Å². The van der Waals surface area contributed by atoms with Crippen LogP contribution < -0.4 is 11.1 Å². The highest BCUT2D eigenvalue weighted by atomic mass is 16.5. The van der Waals surface area contributed by atoms with Crippen LogP contribution in [0.4, 0.5) is 5.69 Å². The summed E-state index contributed by atoms with van der Waals surface area (Å²) in [6, 6.07) is 4.54. The summed E-state index contributed by atoms with van der Waals surface area (Å²) in [5.41, 5.74) is 5.12. The molecular weight excluding hydrogens is 308 g/mol. The van der Waals surface area contributed by atoms with Gasteiger partial charge in [0.15, 0.2) is 5.54 Å². The van der Waals surface area contributed by atoms with E-state index in [-0.39, 0.29) is 17.3 Å². The van der Waals surface area contributed by atoms with Gasteiger partial charge >= 0.3 is 5.97 Å². The zero-order valence-corrected chi connectivity index (χ0v) is 14.3. The summed E-state index contributed by atoms with van der Waals surface area (Å²) in [6.07, 6.45) is 3.20. The quantitative estimate of drug-likeness (QED) is 0.321. The number of carbonyl (C=O) groups excluding carboxylic acids is 2. The molecule has 0 aromatic heterocycles. The highest BCUT2D eigenvalue weighted by Gasteiger charge is 2.26. The van der Waals surface area contributed by atoms with Crippen molar-refractivity contribution in [3.05, 3.63) is 23.8 Å². The summed E-state index contributed by atoms with van der Waals surface area (Å²) < 4.78 is 4.58. The monoisotopic (exact) mass is 332 g/mol.